The molecular formula is C12H19NO2. The summed E-state index contributed by atoms with van der Waals surface area (Å²) in [6.45, 7) is 2.65. The fraction of sp³-hybridized carbons (Fsp3) is 0.500. The second kappa shape index (κ2) is 6.43. The Bertz CT molecular complexity index is 289. The lowest BCUT2D eigenvalue weighted by molar-refractivity contribution is 0.183. The van der Waals surface area contributed by atoms with Crippen LogP contribution in [0.2, 0.25) is 0 Å². The third kappa shape index (κ3) is 3.90. The van der Waals surface area contributed by atoms with Gasteiger partial charge in [0.1, 0.15) is 0 Å². The molecule has 0 aliphatic rings. The Morgan fingerprint density at radius 3 is 2.73 bits per heavy atom. The zero-order valence-electron chi connectivity index (χ0n) is 9.11. The molecule has 1 aromatic rings. The maximum atomic E-state index is 9.43. The lowest BCUT2D eigenvalue weighted by atomic mass is 10.1. The van der Waals surface area contributed by atoms with E-state index in [0.717, 1.165) is 17.7 Å². The molecule has 0 spiro atoms. The Labute approximate surface area is 90.8 Å². The molecule has 0 bridgehead atoms. The zero-order chi connectivity index (χ0) is 11.1. The van der Waals surface area contributed by atoms with Crippen LogP contribution in [0.3, 0.4) is 0 Å². The molecule has 0 aliphatic carbocycles. The monoisotopic (exact) mass is 209 g/mol. The first kappa shape index (κ1) is 12.0. The van der Waals surface area contributed by atoms with E-state index in [1.165, 1.54) is 0 Å². The van der Waals surface area contributed by atoms with Crippen LogP contribution < -0.4 is 5.32 Å². The van der Waals surface area contributed by atoms with E-state index < -0.39 is 0 Å². The zero-order valence-corrected chi connectivity index (χ0v) is 9.11. The molecule has 1 rings (SSSR count). The molecule has 15 heavy (non-hydrogen) atoms. The van der Waals surface area contributed by atoms with Crippen LogP contribution in [0.25, 0.3) is 0 Å². The van der Waals surface area contributed by atoms with Crippen molar-refractivity contribution in [3.63, 3.8) is 0 Å². The molecule has 0 aromatic heterocycles. The number of nitrogens with one attached hydrogen (secondary N) is 1. The number of para-hydroxylation sites is 1. The summed E-state index contributed by atoms with van der Waals surface area (Å²) in [5, 5.41) is 21.5. The first-order chi connectivity index (χ1) is 7.27. The smallest absolute Gasteiger partial charge is 0.0709 e. The predicted molar refractivity (Wildman–Crippen MR) is 62.0 cm³/mol. The van der Waals surface area contributed by atoms with Crippen molar-refractivity contribution in [2.75, 3.05) is 18.5 Å². The molecule has 0 fully saturated rings. The first-order valence-electron chi connectivity index (χ1n) is 5.38. The van der Waals surface area contributed by atoms with E-state index >= 15 is 0 Å². The highest BCUT2D eigenvalue weighted by molar-refractivity contribution is 5.51. The average molecular weight is 209 g/mol. The van der Waals surface area contributed by atoms with Crippen LogP contribution in [-0.2, 0) is 6.42 Å². The highest BCUT2D eigenvalue weighted by atomic mass is 16.3. The summed E-state index contributed by atoms with van der Waals surface area (Å²) in [7, 11) is 0. The Balaban J connectivity index is 2.58. The fourth-order valence-corrected chi connectivity index (χ4v) is 1.40. The second-order valence-electron chi connectivity index (χ2n) is 3.57. The van der Waals surface area contributed by atoms with Crippen LogP contribution in [0.1, 0.15) is 18.9 Å². The summed E-state index contributed by atoms with van der Waals surface area (Å²) in [4.78, 5) is 0. The molecule has 1 aromatic carbocycles. The van der Waals surface area contributed by atoms with E-state index in [1.54, 1.807) is 0 Å². The van der Waals surface area contributed by atoms with Crippen molar-refractivity contribution >= 4 is 5.69 Å². The molecule has 84 valence electrons. The number of rotatable bonds is 6. The first-order valence-corrected chi connectivity index (χ1v) is 5.38. The molecule has 3 nitrogen and oxygen atoms in total. The van der Waals surface area contributed by atoms with Crippen LogP contribution >= 0.6 is 0 Å². The quantitative estimate of drug-likeness (QED) is 0.664. The van der Waals surface area contributed by atoms with Gasteiger partial charge in [0.05, 0.1) is 6.10 Å². The van der Waals surface area contributed by atoms with Gasteiger partial charge in [-0.25, -0.2) is 0 Å². The standard InChI is InChI=1S/C12H19NO2/c1-2-11(15)9-13-12-6-4-3-5-10(12)7-8-14/h3-6,11,13-15H,2,7-9H2,1H3. The molecule has 3 heteroatoms. The fourth-order valence-electron chi connectivity index (χ4n) is 1.40. The number of anilines is 1. The average Bonchev–Trinajstić information content (AvgIpc) is 2.28. The van der Waals surface area contributed by atoms with Gasteiger partial charge in [-0.1, -0.05) is 25.1 Å². The number of benzene rings is 1. The predicted octanol–water partition coefficient (Wildman–Crippen LogP) is 1.40. The topological polar surface area (TPSA) is 52.5 Å². The number of aliphatic hydroxyl groups is 2. The van der Waals surface area contributed by atoms with Gasteiger partial charge in [0.2, 0.25) is 0 Å². The van der Waals surface area contributed by atoms with Gasteiger partial charge in [-0.3, -0.25) is 0 Å². The van der Waals surface area contributed by atoms with E-state index in [0.29, 0.717) is 13.0 Å². The maximum Gasteiger partial charge on any atom is 0.0709 e. The van der Waals surface area contributed by atoms with Crippen LogP contribution in [0.15, 0.2) is 24.3 Å². The SMILES string of the molecule is CCC(O)CNc1ccccc1CCO. The van der Waals surface area contributed by atoms with Gasteiger partial charge in [0.15, 0.2) is 0 Å². The molecule has 3 N–H and O–H groups in total. The molecular weight excluding hydrogens is 190 g/mol. The minimum atomic E-state index is -0.313. The van der Waals surface area contributed by atoms with Crippen LogP contribution in [-0.4, -0.2) is 29.5 Å². The Hall–Kier alpha value is -1.06. The van der Waals surface area contributed by atoms with Crippen molar-refractivity contribution in [3.8, 4) is 0 Å². The van der Waals surface area contributed by atoms with Gasteiger partial charge >= 0.3 is 0 Å². The number of hydrogen-bond donors (Lipinski definition) is 3. The molecule has 0 aliphatic heterocycles. The molecule has 0 amide bonds. The van der Waals surface area contributed by atoms with Crippen molar-refractivity contribution in [2.45, 2.75) is 25.9 Å². The third-order valence-corrected chi connectivity index (χ3v) is 2.40. The number of aliphatic hydroxyl groups excluding tert-OH is 2. The summed E-state index contributed by atoms with van der Waals surface area (Å²) in [5.41, 5.74) is 2.09. The largest absolute Gasteiger partial charge is 0.396 e. The molecule has 0 heterocycles. The summed E-state index contributed by atoms with van der Waals surface area (Å²) < 4.78 is 0. The summed E-state index contributed by atoms with van der Waals surface area (Å²) >= 11 is 0. The minimum Gasteiger partial charge on any atom is -0.396 e. The molecule has 0 saturated carbocycles. The van der Waals surface area contributed by atoms with E-state index in [2.05, 4.69) is 5.32 Å². The Morgan fingerprint density at radius 1 is 1.33 bits per heavy atom. The van der Waals surface area contributed by atoms with Crippen molar-refractivity contribution in [1.82, 2.24) is 0 Å². The van der Waals surface area contributed by atoms with Gasteiger partial charge in [-0.15, -0.1) is 0 Å². The van der Waals surface area contributed by atoms with Crippen LogP contribution in [0, 0.1) is 0 Å². The minimum absolute atomic E-state index is 0.148. The molecule has 1 unspecified atom stereocenters. The van der Waals surface area contributed by atoms with Gasteiger partial charge in [0, 0.05) is 18.8 Å². The maximum absolute atomic E-state index is 9.43. The van der Waals surface area contributed by atoms with Gasteiger partial charge in [0.25, 0.3) is 0 Å². The Kier molecular flexibility index (Phi) is 5.15. The van der Waals surface area contributed by atoms with Crippen molar-refractivity contribution in [3.05, 3.63) is 29.8 Å². The summed E-state index contributed by atoms with van der Waals surface area (Å²) in [6.07, 6.45) is 1.08. The van der Waals surface area contributed by atoms with Crippen LogP contribution in [0.5, 0.6) is 0 Å². The van der Waals surface area contributed by atoms with Gasteiger partial charge in [-0.2, -0.15) is 0 Å². The van der Waals surface area contributed by atoms with E-state index in [4.69, 9.17) is 5.11 Å². The van der Waals surface area contributed by atoms with Crippen molar-refractivity contribution in [1.29, 1.82) is 0 Å². The second-order valence-corrected chi connectivity index (χ2v) is 3.57. The highest BCUT2D eigenvalue weighted by Gasteiger charge is 2.03. The lowest BCUT2D eigenvalue weighted by Crippen LogP contribution is -2.18. The van der Waals surface area contributed by atoms with E-state index in [-0.39, 0.29) is 12.7 Å². The molecule has 0 radical (unpaired) electrons. The van der Waals surface area contributed by atoms with Gasteiger partial charge in [-0.05, 0) is 24.5 Å². The molecule has 1 atom stereocenters. The van der Waals surface area contributed by atoms with E-state index in [9.17, 15) is 5.11 Å². The third-order valence-electron chi connectivity index (χ3n) is 2.40. The lowest BCUT2D eigenvalue weighted by Gasteiger charge is -2.13. The summed E-state index contributed by atoms with van der Waals surface area (Å²) in [5.74, 6) is 0. The van der Waals surface area contributed by atoms with E-state index in [1.807, 2.05) is 31.2 Å². The Morgan fingerprint density at radius 2 is 2.07 bits per heavy atom. The normalized spacial score (nSPS) is 12.5. The highest BCUT2D eigenvalue weighted by Crippen LogP contribution is 2.15. The number of hydrogen-bond acceptors (Lipinski definition) is 3. The summed E-state index contributed by atoms with van der Waals surface area (Å²) in [6, 6.07) is 7.85. The van der Waals surface area contributed by atoms with Crippen LogP contribution in [0.4, 0.5) is 5.69 Å². The van der Waals surface area contributed by atoms with Gasteiger partial charge < -0.3 is 15.5 Å². The van der Waals surface area contributed by atoms with Crippen molar-refractivity contribution < 1.29 is 10.2 Å². The van der Waals surface area contributed by atoms with Crippen molar-refractivity contribution in [2.24, 2.45) is 0 Å². The molecule has 0 saturated heterocycles.